The van der Waals surface area contributed by atoms with Crippen LogP contribution in [0.5, 0.6) is 5.75 Å². The standard InChI is InChI=1S/C22H18N2O5/c1-14-6-8-15(9-7-14)18-11-21(29-24-18)23-20(25)13-28-22(26)17-10-16-4-2-3-5-19(16)27-12-17/h2-11H,12-13H2,1H3,(H,23,25). The molecule has 7 heteroatoms. The summed E-state index contributed by atoms with van der Waals surface area (Å²) in [5.41, 5.74) is 3.74. The summed E-state index contributed by atoms with van der Waals surface area (Å²) in [5, 5.41) is 6.46. The SMILES string of the molecule is Cc1ccc(-c2cc(NC(=O)COC(=O)C3=Cc4ccccc4OC3)on2)cc1. The number of aryl methyl sites for hydroxylation is 1. The van der Waals surface area contributed by atoms with E-state index in [4.69, 9.17) is 14.0 Å². The minimum atomic E-state index is -0.604. The zero-order valence-corrected chi connectivity index (χ0v) is 15.7. The lowest BCUT2D eigenvalue weighted by atomic mass is 10.1. The molecule has 4 rings (SSSR count). The van der Waals surface area contributed by atoms with Gasteiger partial charge in [-0.1, -0.05) is 53.2 Å². The van der Waals surface area contributed by atoms with E-state index in [0.717, 1.165) is 16.7 Å². The summed E-state index contributed by atoms with van der Waals surface area (Å²) in [6.07, 6.45) is 1.70. The molecule has 1 aliphatic heterocycles. The zero-order valence-electron chi connectivity index (χ0n) is 15.7. The van der Waals surface area contributed by atoms with E-state index in [0.29, 0.717) is 17.0 Å². The van der Waals surface area contributed by atoms with Gasteiger partial charge in [0, 0.05) is 17.2 Å². The molecule has 7 nitrogen and oxygen atoms in total. The van der Waals surface area contributed by atoms with Crippen LogP contribution in [0.1, 0.15) is 11.1 Å². The van der Waals surface area contributed by atoms with Crippen LogP contribution in [0.2, 0.25) is 0 Å². The first-order chi connectivity index (χ1) is 14.1. The van der Waals surface area contributed by atoms with E-state index < -0.39 is 18.5 Å². The quantitative estimate of drug-likeness (QED) is 0.670. The molecule has 1 amide bonds. The van der Waals surface area contributed by atoms with E-state index >= 15 is 0 Å². The molecule has 1 aromatic heterocycles. The van der Waals surface area contributed by atoms with Crippen LogP contribution in [0.25, 0.3) is 17.3 Å². The predicted molar refractivity (Wildman–Crippen MR) is 106 cm³/mol. The van der Waals surface area contributed by atoms with Crippen LogP contribution in [0.15, 0.2) is 64.7 Å². The average Bonchev–Trinajstić information content (AvgIpc) is 3.20. The maximum atomic E-state index is 12.2. The Morgan fingerprint density at radius 2 is 1.93 bits per heavy atom. The van der Waals surface area contributed by atoms with Gasteiger partial charge in [0.05, 0.1) is 5.57 Å². The summed E-state index contributed by atoms with van der Waals surface area (Å²) >= 11 is 0. The number of carbonyl (C=O) groups is 2. The molecule has 0 radical (unpaired) electrons. The van der Waals surface area contributed by atoms with Crippen molar-refractivity contribution in [1.29, 1.82) is 0 Å². The molecular formula is C22H18N2O5. The minimum absolute atomic E-state index is 0.0967. The maximum absolute atomic E-state index is 12.2. The van der Waals surface area contributed by atoms with Crippen LogP contribution in [0, 0.1) is 6.92 Å². The number of hydrogen-bond donors (Lipinski definition) is 1. The second kappa shape index (κ2) is 8.02. The predicted octanol–water partition coefficient (Wildman–Crippen LogP) is 3.61. The number of carbonyl (C=O) groups excluding carboxylic acids is 2. The Kier molecular flexibility index (Phi) is 5.11. The van der Waals surface area contributed by atoms with Gasteiger partial charge in [0.25, 0.3) is 5.91 Å². The van der Waals surface area contributed by atoms with Crippen molar-refractivity contribution in [3.63, 3.8) is 0 Å². The van der Waals surface area contributed by atoms with Gasteiger partial charge in [-0.2, -0.15) is 0 Å². The molecule has 0 atom stereocenters. The average molecular weight is 390 g/mol. The first-order valence-corrected chi connectivity index (χ1v) is 9.01. The topological polar surface area (TPSA) is 90.7 Å². The molecule has 3 aromatic rings. The monoisotopic (exact) mass is 390 g/mol. The molecule has 0 aliphatic carbocycles. The van der Waals surface area contributed by atoms with Gasteiger partial charge >= 0.3 is 5.97 Å². The molecule has 0 unspecified atom stereocenters. The molecule has 1 N–H and O–H groups in total. The van der Waals surface area contributed by atoms with Gasteiger partial charge in [0.2, 0.25) is 5.88 Å². The number of aromatic nitrogens is 1. The highest BCUT2D eigenvalue weighted by Gasteiger charge is 2.19. The van der Waals surface area contributed by atoms with E-state index in [-0.39, 0.29) is 12.5 Å². The summed E-state index contributed by atoms with van der Waals surface area (Å²) in [5.74, 6) is -0.248. The Morgan fingerprint density at radius 3 is 2.76 bits per heavy atom. The van der Waals surface area contributed by atoms with E-state index in [1.165, 1.54) is 0 Å². The molecule has 146 valence electrons. The molecule has 0 saturated carbocycles. The summed E-state index contributed by atoms with van der Waals surface area (Å²) < 4.78 is 15.7. The fourth-order valence-electron chi connectivity index (χ4n) is 2.83. The Morgan fingerprint density at radius 1 is 1.14 bits per heavy atom. The lowest BCUT2D eigenvalue weighted by Crippen LogP contribution is -2.23. The summed E-state index contributed by atoms with van der Waals surface area (Å²) in [6.45, 7) is 1.64. The first-order valence-electron chi connectivity index (χ1n) is 9.01. The van der Waals surface area contributed by atoms with Crippen molar-refractivity contribution in [2.24, 2.45) is 0 Å². The Balaban J connectivity index is 1.32. The summed E-state index contributed by atoms with van der Waals surface area (Å²) in [7, 11) is 0. The highest BCUT2D eigenvalue weighted by atomic mass is 16.5. The first kappa shape index (κ1) is 18.5. The normalized spacial score (nSPS) is 12.4. The van der Waals surface area contributed by atoms with Gasteiger partial charge in [0.15, 0.2) is 6.61 Å². The Bertz CT molecular complexity index is 1080. The fraction of sp³-hybridized carbons (Fsp3) is 0.136. The number of nitrogens with one attached hydrogen (secondary N) is 1. The third-order valence-corrected chi connectivity index (χ3v) is 4.35. The zero-order chi connectivity index (χ0) is 20.2. The number of hydrogen-bond acceptors (Lipinski definition) is 6. The van der Waals surface area contributed by atoms with Crippen molar-refractivity contribution in [3.05, 3.63) is 71.3 Å². The lowest BCUT2D eigenvalue weighted by molar-refractivity contribution is -0.143. The summed E-state index contributed by atoms with van der Waals surface area (Å²) in [4.78, 5) is 24.3. The van der Waals surface area contributed by atoms with Gasteiger partial charge < -0.3 is 14.0 Å². The number of benzene rings is 2. The van der Waals surface area contributed by atoms with E-state index in [1.807, 2.05) is 55.5 Å². The van der Waals surface area contributed by atoms with Crippen LogP contribution >= 0.6 is 0 Å². The summed E-state index contributed by atoms with van der Waals surface area (Å²) in [6, 6.07) is 16.7. The molecule has 0 bridgehead atoms. The number of nitrogens with zero attached hydrogens (tertiary/aromatic N) is 1. The van der Waals surface area contributed by atoms with E-state index in [9.17, 15) is 9.59 Å². The fourth-order valence-corrected chi connectivity index (χ4v) is 2.83. The van der Waals surface area contributed by atoms with Gasteiger partial charge in [-0.3, -0.25) is 10.1 Å². The molecule has 2 aromatic carbocycles. The number of amides is 1. The number of ether oxygens (including phenoxy) is 2. The molecule has 0 spiro atoms. The van der Waals surface area contributed by atoms with Crippen molar-refractivity contribution in [2.45, 2.75) is 6.92 Å². The number of anilines is 1. The van der Waals surface area contributed by atoms with Gasteiger partial charge in [-0.15, -0.1) is 0 Å². The number of esters is 1. The second-order valence-electron chi connectivity index (χ2n) is 6.56. The van der Waals surface area contributed by atoms with Crippen molar-refractivity contribution in [1.82, 2.24) is 5.16 Å². The largest absolute Gasteiger partial charge is 0.488 e. The highest BCUT2D eigenvalue weighted by Crippen LogP contribution is 2.26. The van der Waals surface area contributed by atoms with Crippen molar-refractivity contribution >= 4 is 23.8 Å². The third kappa shape index (κ3) is 4.35. The third-order valence-electron chi connectivity index (χ3n) is 4.35. The van der Waals surface area contributed by atoms with Gasteiger partial charge in [0.1, 0.15) is 18.1 Å². The van der Waals surface area contributed by atoms with E-state index in [1.54, 1.807) is 12.1 Å². The molecular weight excluding hydrogens is 372 g/mol. The molecule has 2 heterocycles. The van der Waals surface area contributed by atoms with Crippen molar-refractivity contribution < 1.29 is 23.6 Å². The number of rotatable bonds is 5. The Hall–Kier alpha value is -3.87. The molecule has 29 heavy (non-hydrogen) atoms. The van der Waals surface area contributed by atoms with Crippen LogP contribution in [-0.4, -0.2) is 30.2 Å². The maximum Gasteiger partial charge on any atom is 0.338 e. The molecule has 0 fully saturated rings. The van der Waals surface area contributed by atoms with Crippen LogP contribution in [0.3, 0.4) is 0 Å². The minimum Gasteiger partial charge on any atom is -0.488 e. The second-order valence-corrected chi connectivity index (χ2v) is 6.56. The lowest BCUT2D eigenvalue weighted by Gasteiger charge is -2.16. The van der Waals surface area contributed by atoms with Crippen LogP contribution in [-0.2, 0) is 14.3 Å². The van der Waals surface area contributed by atoms with E-state index in [2.05, 4.69) is 10.5 Å². The van der Waals surface area contributed by atoms with Crippen molar-refractivity contribution in [3.8, 4) is 17.0 Å². The number of para-hydroxylation sites is 1. The van der Waals surface area contributed by atoms with Gasteiger partial charge in [-0.25, -0.2) is 4.79 Å². The number of fused-ring (bicyclic) bond motifs is 1. The molecule has 0 saturated heterocycles. The van der Waals surface area contributed by atoms with Crippen LogP contribution < -0.4 is 10.1 Å². The molecule has 1 aliphatic rings. The van der Waals surface area contributed by atoms with Crippen molar-refractivity contribution in [2.75, 3.05) is 18.5 Å². The smallest absolute Gasteiger partial charge is 0.338 e. The van der Waals surface area contributed by atoms with Crippen LogP contribution in [0.4, 0.5) is 5.88 Å². The highest BCUT2D eigenvalue weighted by molar-refractivity contribution is 5.98. The van der Waals surface area contributed by atoms with Gasteiger partial charge in [-0.05, 0) is 19.1 Å². The Labute approximate surface area is 166 Å².